The van der Waals surface area contributed by atoms with E-state index in [4.69, 9.17) is 16.3 Å². The first-order valence-corrected chi connectivity index (χ1v) is 9.97. The molecule has 1 N–H and O–H groups in total. The summed E-state index contributed by atoms with van der Waals surface area (Å²) in [7, 11) is -3.60. The Morgan fingerprint density at radius 2 is 1.88 bits per heavy atom. The second-order valence-electron chi connectivity index (χ2n) is 6.00. The summed E-state index contributed by atoms with van der Waals surface area (Å²) in [6.07, 6.45) is -0.140. The lowest BCUT2D eigenvalue weighted by Gasteiger charge is -2.30. The summed E-state index contributed by atoms with van der Waals surface area (Å²) < 4.78 is 32.2. The molecule has 1 amide bonds. The maximum atomic E-state index is 12.7. The molecule has 0 radical (unpaired) electrons. The second kappa shape index (κ2) is 7.75. The predicted octanol–water partition coefficient (Wildman–Crippen LogP) is 3.00. The molecule has 1 unspecified atom stereocenters. The summed E-state index contributed by atoms with van der Waals surface area (Å²) in [6.45, 7) is 2.85. The van der Waals surface area contributed by atoms with Gasteiger partial charge in [0.25, 0.3) is 5.91 Å². The number of para-hydroxylation sites is 1. The van der Waals surface area contributed by atoms with Gasteiger partial charge in [-0.3, -0.25) is 4.79 Å². The predicted molar refractivity (Wildman–Crippen MR) is 100 cm³/mol. The van der Waals surface area contributed by atoms with Crippen molar-refractivity contribution in [3.05, 3.63) is 59.1 Å². The number of nitrogens with zero attached hydrogens (tertiary/aromatic N) is 1. The van der Waals surface area contributed by atoms with Gasteiger partial charge in [-0.2, -0.15) is 4.31 Å². The number of carbonyl (C=O) groups is 1. The summed E-state index contributed by atoms with van der Waals surface area (Å²) >= 11 is 6.03. The summed E-state index contributed by atoms with van der Waals surface area (Å²) in [6, 6.07) is 12.8. The Morgan fingerprint density at radius 3 is 2.54 bits per heavy atom. The van der Waals surface area contributed by atoms with E-state index in [0.717, 1.165) is 0 Å². The van der Waals surface area contributed by atoms with E-state index in [-0.39, 0.29) is 16.9 Å². The summed E-state index contributed by atoms with van der Waals surface area (Å²) in [5.41, 5.74) is 0.845. The van der Waals surface area contributed by atoms with Crippen molar-refractivity contribution in [1.82, 2.24) is 4.31 Å². The van der Waals surface area contributed by atoms with E-state index in [0.29, 0.717) is 36.0 Å². The monoisotopic (exact) mass is 394 g/mol. The van der Waals surface area contributed by atoms with Crippen LogP contribution in [0.2, 0.25) is 5.02 Å². The van der Waals surface area contributed by atoms with Gasteiger partial charge in [-0.15, -0.1) is 0 Å². The van der Waals surface area contributed by atoms with Crippen LogP contribution in [0, 0.1) is 0 Å². The van der Waals surface area contributed by atoms with Gasteiger partial charge in [-0.25, -0.2) is 8.42 Å². The summed E-state index contributed by atoms with van der Waals surface area (Å²) in [4.78, 5) is 12.5. The lowest BCUT2D eigenvalue weighted by Crippen LogP contribution is -2.44. The molecule has 1 heterocycles. The minimum Gasteiger partial charge on any atom is -0.376 e. The van der Waals surface area contributed by atoms with E-state index < -0.39 is 10.0 Å². The van der Waals surface area contributed by atoms with Crippen molar-refractivity contribution < 1.29 is 17.9 Å². The number of nitrogens with one attached hydrogen (secondary N) is 1. The zero-order chi connectivity index (χ0) is 18.7. The van der Waals surface area contributed by atoms with Crippen LogP contribution in [0.3, 0.4) is 0 Å². The normalized spacial score (nSPS) is 18.5. The summed E-state index contributed by atoms with van der Waals surface area (Å²) in [5, 5.41) is 3.14. The first kappa shape index (κ1) is 18.8. The molecule has 1 aliphatic rings. The molecule has 1 saturated heterocycles. The number of ether oxygens (including phenoxy) is 1. The van der Waals surface area contributed by atoms with Crippen molar-refractivity contribution in [2.75, 3.05) is 25.0 Å². The highest BCUT2D eigenvalue weighted by Gasteiger charge is 2.29. The highest BCUT2D eigenvalue weighted by molar-refractivity contribution is 7.89. The van der Waals surface area contributed by atoms with E-state index in [1.165, 1.54) is 28.6 Å². The van der Waals surface area contributed by atoms with Crippen LogP contribution < -0.4 is 5.32 Å². The smallest absolute Gasteiger partial charge is 0.255 e. The Kier molecular flexibility index (Phi) is 5.62. The fraction of sp³-hybridized carbons (Fsp3) is 0.278. The molecular formula is C18H19ClN2O4S. The molecule has 6 nitrogen and oxygen atoms in total. The molecule has 0 spiro atoms. The third-order valence-electron chi connectivity index (χ3n) is 4.08. The van der Waals surface area contributed by atoms with Gasteiger partial charge in [-0.05, 0) is 43.3 Å². The highest BCUT2D eigenvalue weighted by Crippen LogP contribution is 2.22. The molecule has 2 aromatic rings. The summed E-state index contributed by atoms with van der Waals surface area (Å²) in [5.74, 6) is -0.359. The number of benzene rings is 2. The van der Waals surface area contributed by atoms with E-state index in [2.05, 4.69) is 5.32 Å². The van der Waals surface area contributed by atoms with Gasteiger partial charge >= 0.3 is 0 Å². The van der Waals surface area contributed by atoms with Crippen LogP contribution in [-0.2, 0) is 14.8 Å². The molecule has 0 bridgehead atoms. The SMILES string of the molecule is CC1CN(S(=O)(=O)c2ccc(C(=O)Nc3ccccc3Cl)cc2)CCO1. The van der Waals surface area contributed by atoms with Gasteiger partial charge in [0.05, 0.1) is 28.3 Å². The maximum absolute atomic E-state index is 12.7. The Labute approximate surface area is 157 Å². The van der Waals surface area contributed by atoms with Crippen LogP contribution in [0.5, 0.6) is 0 Å². The molecule has 1 aliphatic heterocycles. The zero-order valence-corrected chi connectivity index (χ0v) is 15.8. The lowest BCUT2D eigenvalue weighted by molar-refractivity contribution is 0.0102. The van der Waals surface area contributed by atoms with Gasteiger partial charge < -0.3 is 10.1 Å². The number of morpholine rings is 1. The maximum Gasteiger partial charge on any atom is 0.255 e. The highest BCUT2D eigenvalue weighted by atomic mass is 35.5. The molecule has 26 heavy (non-hydrogen) atoms. The topological polar surface area (TPSA) is 75.7 Å². The van der Waals surface area contributed by atoms with Crippen molar-refractivity contribution in [3.63, 3.8) is 0 Å². The third kappa shape index (κ3) is 4.07. The third-order valence-corrected chi connectivity index (χ3v) is 6.29. The first-order valence-electron chi connectivity index (χ1n) is 8.15. The van der Waals surface area contributed by atoms with Crippen LogP contribution in [0.4, 0.5) is 5.69 Å². The Morgan fingerprint density at radius 1 is 1.19 bits per heavy atom. The number of rotatable bonds is 4. The van der Waals surface area contributed by atoms with E-state index >= 15 is 0 Å². The molecular weight excluding hydrogens is 376 g/mol. The number of sulfonamides is 1. The van der Waals surface area contributed by atoms with Gasteiger partial charge in [-0.1, -0.05) is 23.7 Å². The molecule has 8 heteroatoms. The van der Waals surface area contributed by atoms with Crippen LogP contribution in [0.25, 0.3) is 0 Å². The Hall–Kier alpha value is -1.93. The largest absolute Gasteiger partial charge is 0.376 e. The van der Waals surface area contributed by atoms with Gasteiger partial charge in [0.2, 0.25) is 10.0 Å². The van der Waals surface area contributed by atoms with Gasteiger partial charge in [0.15, 0.2) is 0 Å². The fourth-order valence-corrected chi connectivity index (χ4v) is 4.37. The van der Waals surface area contributed by atoms with Crippen molar-refractivity contribution in [2.45, 2.75) is 17.9 Å². The Balaban J connectivity index is 1.75. The van der Waals surface area contributed by atoms with E-state index in [1.807, 2.05) is 6.92 Å². The van der Waals surface area contributed by atoms with Crippen molar-refractivity contribution in [1.29, 1.82) is 0 Å². The minimum absolute atomic E-state index is 0.140. The molecule has 0 aromatic heterocycles. The molecule has 2 aromatic carbocycles. The number of hydrogen-bond acceptors (Lipinski definition) is 4. The lowest BCUT2D eigenvalue weighted by atomic mass is 10.2. The molecule has 0 saturated carbocycles. The average Bonchev–Trinajstić information content (AvgIpc) is 2.63. The standard InChI is InChI=1S/C18H19ClN2O4S/c1-13-12-21(10-11-25-13)26(23,24)15-8-6-14(7-9-15)18(22)20-17-5-3-2-4-16(17)19/h2-9,13H,10-12H2,1H3,(H,20,22). The number of amides is 1. The molecule has 138 valence electrons. The van der Waals surface area contributed by atoms with Crippen molar-refractivity contribution in [3.8, 4) is 0 Å². The minimum atomic E-state index is -3.60. The van der Waals surface area contributed by atoms with Crippen LogP contribution in [0.15, 0.2) is 53.4 Å². The number of carbonyl (C=O) groups excluding carboxylic acids is 1. The quantitative estimate of drug-likeness (QED) is 0.864. The van der Waals surface area contributed by atoms with Crippen LogP contribution in [0.1, 0.15) is 17.3 Å². The Bertz CT molecular complexity index is 900. The average molecular weight is 395 g/mol. The van der Waals surface area contributed by atoms with Gasteiger partial charge in [0, 0.05) is 18.7 Å². The van der Waals surface area contributed by atoms with Crippen LogP contribution >= 0.6 is 11.6 Å². The number of anilines is 1. The fourth-order valence-electron chi connectivity index (χ4n) is 2.69. The first-order chi connectivity index (χ1) is 12.4. The van der Waals surface area contributed by atoms with Crippen LogP contribution in [-0.4, -0.2) is 44.4 Å². The molecule has 1 fully saturated rings. The number of hydrogen-bond donors (Lipinski definition) is 1. The van der Waals surface area contributed by atoms with Crippen molar-refractivity contribution >= 4 is 33.2 Å². The molecule has 1 atom stereocenters. The van der Waals surface area contributed by atoms with E-state index in [1.54, 1.807) is 24.3 Å². The van der Waals surface area contributed by atoms with E-state index in [9.17, 15) is 13.2 Å². The van der Waals surface area contributed by atoms with Crippen molar-refractivity contribution in [2.24, 2.45) is 0 Å². The molecule has 3 rings (SSSR count). The second-order valence-corrected chi connectivity index (χ2v) is 8.35. The molecule has 0 aliphatic carbocycles. The number of halogens is 1. The zero-order valence-electron chi connectivity index (χ0n) is 14.2. The van der Waals surface area contributed by atoms with Gasteiger partial charge in [0.1, 0.15) is 0 Å².